The molecule has 6 heteroatoms. The van der Waals surface area contributed by atoms with Gasteiger partial charge >= 0.3 is 0 Å². The maximum absolute atomic E-state index is 11.9. The van der Waals surface area contributed by atoms with Crippen LogP contribution in [0.1, 0.15) is 5.56 Å². The average molecular weight is 269 g/mol. The summed E-state index contributed by atoms with van der Waals surface area (Å²) in [6, 6.07) is 11.5. The maximum Gasteiger partial charge on any atom is 0.281 e. The Bertz CT molecular complexity index is 639. The third-order valence-corrected chi connectivity index (χ3v) is 2.50. The number of carbonyl (C=O) groups is 1. The Morgan fingerprint density at radius 3 is 2.50 bits per heavy atom. The van der Waals surface area contributed by atoms with Crippen molar-refractivity contribution in [2.24, 2.45) is 5.18 Å². The van der Waals surface area contributed by atoms with Crippen molar-refractivity contribution in [3.8, 4) is 0 Å². The van der Waals surface area contributed by atoms with E-state index in [0.717, 1.165) is 0 Å². The van der Waals surface area contributed by atoms with Gasteiger partial charge in [-0.05, 0) is 17.3 Å². The van der Waals surface area contributed by atoms with Gasteiger partial charge in [0.15, 0.2) is 5.76 Å². The number of hydrogen-bond acceptors (Lipinski definition) is 5. The molecule has 0 radical (unpaired) electrons. The van der Waals surface area contributed by atoms with Crippen LogP contribution in [0.5, 0.6) is 0 Å². The van der Waals surface area contributed by atoms with Crippen molar-refractivity contribution in [1.29, 1.82) is 0 Å². The van der Waals surface area contributed by atoms with Crippen molar-refractivity contribution in [2.45, 2.75) is 0 Å². The van der Waals surface area contributed by atoms with Crippen LogP contribution in [-0.4, -0.2) is 16.0 Å². The standard InChI is InChI=1S/C14H11N3O3/c18-13(10-5-2-1-3-6-10)12(17-20)14(19)16-11-7-4-8-15-9-11/h1-9,18H,(H,16,19)/b13-12-. The Balaban J connectivity index is 2.28. The number of amides is 1. The van der Waals surface area contributed by atoms with Gasteiger partial charge in [0.25, 0.3) is 5.91 Å². The van der Waals surface area contributed by atoms with Crippen LogP contribution in [0.15, 0.2) is 65.7 Å². The summed E-state index contributed by atoms with van der Waals surface area (Å²) in [5, 5.41) is 15.0. The number of aliphatic hydroxyl groups excluding tert-OH is 1. The van der Waals surface area contributed by atoms with Crippen LogP contribution in [-0.2, 0) is 4.79 Å². The van der Waals surface area contributed by atoms with Gasteiger partial charge in [0, 0.05) is 11.8 Å². The van der Waals surface area contributed by atoms with E-state index in [1.165, 1.54) is 6.20 Å². The van der Waals surface area contributed by atoms with Crippen LogP contribution >= 0.6 is 0 Å². The molecule has 0 saturated carbocycles. The number of nitroso groups, excluding NO2 is 1. The molecule has 1 aromatic heterocycles. The molecule has 0 saturated heterocycles. The summed E-state index contributed by atoms with van der Waals surface area (Å²) in [7, 11) is 0. The lowest BCUT2D eigenvalue weighted by atomic mass is 10.1. The zero-order chi connectivity index (χ0) is 14.4. The number of pyridine rings is 1. The molecule has 100 valence electrons. The summed E-state index contributed by atoms with van der Waals surface area (Å²) in [6.07, 6.45) is 2.96. The fourth-order valence-corrected chi connectivity index (χ4v) is 1.55. The number of aliphatic hydroxyl groups is 1. The lowest BCUT2D eigenvalue weighted by Gasteiger charge is -2.05. The van der Waals surface area contributed by atoms with E-state index >= 15 is 0 Å². The number of carbonyl (C=O) groups excluding carboxylic acids is 1. The van der Waals surface area contributed by atoms with Crippen LogP contribution in [0, 0.1) is 4.91 Å². The highest BCUT2D eigenvalue weighted by Crippen LogP contribution is 2.18. The van der Waals surface area contributed by atoms with Crippen molar-refractivity contribution in [3.05, 3.63) is 71.0 Å². The van der Waals surface area contributed by atoms with Gasteiger partial charge in [-0.25, -0.2) is 0 Å². The summed E-state index contributed by atoms with van der Waals surface area (Å²) < 4.78 is 0. The van der Waals surface area contributed by atoms with Gasteiger partial charge in [0.2, 0.25) is 5.70 Å². The van der Waals surface area contributed by atoms with Crippen molar-refractivity contribution in [1.82, 2.24) is 4.98 Å². The predicted molar refractivity (Wildman–Crippen MR) is 74.7 cm³/mol. The molecule has 0 aliphatic carbocycles. The normalized spacial score (nSPS) is 11.4. The second-order valence-electron chi connectivity index (χ2n) is 3.85. The molecule has 0 fully saturated rings. The maximum atomic E-state index is 11.9. The van der Waals surface area contributed by atoms with E-state index in [9.17, 15) is 14.8 Å². The third kappa shape index (κ3) is 3.05. The lowest BCUT2D eigenvalue weighted by molar-refractivity contribution is -0.112. The first-order valence-electron chi connectivity index (χ1n) is 5.76. The molecule has 0 bridgehead atoms. The van der Waals surface area contributed by atoms with Crippen LogP contribution in [0.2, 0.25) is 0 Å². The molecule has 2 aromatic rings. The van der Waals surface area contributed by atoms with E-state index in [-0.39, 0.29) is 0 Å². The highest BCUT2D eigenvalue weighted by atomic mass is 16.3. The number of hydrogen-bond donors (Lipinski definition) is 2. The first-order chi connectivity index (χ1) is 9.72. The molecule has 0 unspecified atom stereocenters. The molecule has 1 heterocycles. The molecule has 1 amide bonds. The van der Waals surface area contributed by atoms with E-state index < -0.39 is 17.4 Å². The quantitative estimate of drug-likeness (QED) is 0.507. The molecular formula is C14H11N3O3. The first kappa shape index (κ1) is 13.4. The fourth-order valence-electron chi connectivity index (χ4n) is 1.55. The minimum absolute atomic E-state index is 0.337. The third-order valence-electron chi connectivity index (χ3n) is 2.50. The molecule has 0 atom stereocenters. The number of rotatable bonds is 4. The minimum atomic E-state index is -0.797. The van der Waals surface area contributed by atoms with Gasteiger partial charge in [-0.2, -0.15) is 0 Å². The topological polar surface area (TPSA) is 91.7 Å². The first-order valence-corrected chi connectivity index (χ1v) is 5.76. The van der Waals surface area contributed by atoms with E-state index in [1.54, 1.807) is 48.7 Å². The van der Waals surface area contributed by atoms with Gasteiger partial charge in [-0.3, -0.25) is 9.78 Å². The molecule has 2 N–H and O–H groups in total. The SMILES string of the molecule is O=N/C(C(=O)Nc1cccnc1)=C(\O)c1ccccc1. The van der Waals surface area contributed by atoms with Gasteiger partial charge < -0.3 is 10.4 Å². The van der Waals surface area contributed by atoms with Crippen molar-refractivity contribution in [2.75, 3.05) is 5.32 Å². The van der Waals surface area contributed by atoms with E-state index in [4.69, 9.17) is 0 Å². The summed E-state index contributed by atoms with van der Waals surface area (Å²) in [4.78, 5) is 26.5. The Kier molecular flexibility index (Phi) is 4.18. The zero-order valence-electron chi connectivity index (χ0n) is 10.4. The van der Waals surface area contributed by atoms with Crippen molar-refractivity contribution in [3.63, 3.8) is 0 Å². The highest BCUT2D eigenvalue weighted by Gasteiger charge is 2.18. The van der Waals surface area contributed by atoms with E-state index in [0.29, 0.717) is 11.3 Å². The Morgan fingerprint density at radius 1 is 1.15 bits per heavy atom. The Morgan fingerprint density at radius 2 is 1.90 bits per heavy atom. The van der Waals surface area contributed by atoms with Gasteiger partial charge in [0.1, 0.15) is 0 Å². The van der Waals surface area contributed by atoms with E-state index in [2.05, 4.69) is 15.5 Å². The van der Waals surface area contributed by atoms with Crippen LogP contribution in [0.3, 0.4) is 0 Å². The lowest BCUT2D eigenvalue weighted by Crippen LogP contribution is -2.14. The summed E-state index contributed by atoms with van der Waals surface area (Å²) in [5.74, 6) is -1.27. The zero-order valence-corrected chi connectivity index (χ0v) is 10.4. The van der Waals surface area contributed by atoms with Gasteiger partial charge in [0.05, 0.1) is 11.9 Å². The number of nitrogens with one attached hydrogen (secondary N) is 1. The second kappa shape index (κ2) is 6.24. The van der Waals surface area contributed by atoms with E-state index in [1.807, 2.05) is 0 Å². The number of benzene rings is 1. The molecule has 20 heavy (non-hydrogen) atoms. The molecule has 6 nitrogen and oxygen atoms in total. The van der Waals surface area contributed by atoms with Crippen molar-refractivity contribution >= 4 is 17.4 Å². The monoisotopic (exact) mass is 269 g/mol. The molecule has 2 rings (SSSR count). The molecular weight excluding hydrogens is 258 g/mol. The number of anilines is 1. The second-order valence-corrected chi connectivity index (χ2v) is 3.85. The largest absolute Gasteiger partial charge is 0.505 e. The highest BCUT2D eigenvalue weighted by molar-refractivity contribution is 6.07. The summed E-state index contributed by atoms with van der Waals surface area (Å²) in [6.45, 7) is 0. The van der Waals surface area contributed by atoms with Crippen LogP contribution in [0.25, 0.3) is 5.76 Å². The van der Waals surface area contributed by atoms with Gasteiger partial charge in [-0.15, -0.1) is 4.91 Å². The summed E-state index contributed by atoms with van der Waals surface area (Å²) in [5.41, 5.74) is 0.156. The number of aromatic nitrogens is 1. The molecule has 0 aliphatic rings. The average Bonchev–Trinajstić information content (AvgIpc) is 2.49. The smallest absolute Gasteiger partial charge is 0.281 e. The number of nitrogens with zero attached hydrogens (tertiary/aromatic N) is 2. The minimum Gasteiger partial charge on any atom is -0.505 e. The Hall–Kier alpha value is -3.02. The Labute approximate surface area is 114 Å². The van der Waals surface area contributed by atoms with Crippen molar-refractivity contribution < 1.29 is 9.90 Å². The van der Waals surface area contributed by atoms with Crippen LogP contribution in [0.4, 0.5) is 5.69 Å². The molecule has 0 aliphatic heterocycles. The summed E-state index contributed by atoms with van der Waals surface area (Å²) >= 11 is 0. The predicted octanol–water partition coefficient (Wildman–Crippen LogP) is 2.71. The fraction of sp³-hybridized carbons (Fsp3) is 0. The van der Waals surface area contributed by atoms with Gasteiger partial charge in [-0.1, -0.05) is 30.3 Å². The molecule has 0 spiro atoms. The van der Waals surface area contributed by atoms with Crippen LogP contribution < -0.4 is 5.32 Å². The molecule has 1 aromatic carbocycles.